The van der Waals surface area contributed by atoms with Gasteiger partial charge in [0.15, 0.2) is 0 Å². The number of nitrogens with two attached hydrogens (primary N) is 1. The highest BCUT2D eigenvalue weighted by molar-refractivity contribution is 5.79. The molecule has 1 aliphatic heterocycles. The molecule has 0 aromatic heterocycles. The molecule has 0 bridgehead atoms. The van der Waals surface area contributed by atoms with Crippen LogP contribution >= 0.6 is 0 Å². The maximum atomic E-state index is 11.5. The number of hydrogen-bond donors (Lipinski definition) is 1. The molecule has 1 heterocycles. The van der Waals surface area contributed by atoms with Crippen LogP contribution in [0.3, 0.4) is 0 Å². The van der Waals surface area contributed by atoms with Crippen molar-refractivity contribution in [2.45, 2.75) is 57.9 Å². The van der Waals surface area contributed by atoms with Gasteiger partial charge >= 0.3 is 5.97 Å². The number of carbonyl (C=O) groups is 1. The summed E-state index contributed by atoms with van der Waals surface area (Å²) < 4.78 is 4.73. The lowest BCUT2D eigenvalue weighted by atomic mass is 9.97. The Bertz CT molecular complexity index is 279. The summed E-state index contributed by atoms with van der Waals surface area (Å²) in [5.74, 6) is 0.592. The number of hydrogen-bond acceptors (Lipinski definition) is 4. The van der Waals surface area contributed by atoms with E-state index in [4.69, 9.17) is 10.5 Å². The van der Waals surface area contributed by atoms with E-state index in [2.05, 4.69) is 11.8 Å². The molecule has 4 nitrogen and oxygen atoms in total. The van der Waals surface area contributed by atoms with Crippen LogP contribution in [0.1, 0.15) is 52.4 Å². The summed E-state index contributed by atoms with van der Waals surface area (Å²) in [5.41, 5.74) is 5.13. The molecule has 1 fully saturated rings. The zero-order valence-corrected chi connectivity index (χ0v) is 12.8. The minimum atomic E-state index is -0.841. The van der Waals surface area contributed by atoms with Crippen molar-refractivity contribution in [2.75, 3.05) is 26.7 Å². The van der Waals surface area contributed by atoms with Crippen LogP contribution < -0.4 is 5.73 Å². The molecule has 1 rings (SSSR count). The van der Waals surface area contributed by atoms with Gasteiger partial charge in [0.2, 0.25) is 0 Å². The van der Waals surface area contributed by atoms with Crippen molar-refractivity contribution >= 4 is 5.97 Å². The van der Waals surface area contributed by atoms with Gasteiger partial charge in [0.1, 0.15) is 5.54 Å². The molecule has 19 heavy (non-hydrogen) atoms. The predicted octanol–water partition coefficient (Wildman–Crippen LogP) is 2.17. The first-order chi connectivity index (χ1) is 8.99. The van der Waals surface area contributed by atoms with Gasteiger partial charge in [-0.3, -0.25) is 4.79 Å². The van der Waals surface area contributed by atoms with Gasteiger partial charge in [0.25, 0.3) is 0 Å². The topological polar surface area (TPSA) is 55.6 Å². The molecule has 1 saturated heterocycles. The van der Waals surface area contributed by atoms with Gasteiger partial charge in [0, 0.05) is 0 Å². The zero-order chi connectivity index (χ0) is 14.3. The Kier molecular flexibility index (Phi) is 6.80. The number of likely N-dealkylation sites (tertiary alicyclic amines) is 1. The van der Waals surface area contributed by atoms with Crippen LogP contribution in [0.5, 0.6) is 0 Å². The van der Waals surface area contributed by atoms with Crippen molar-refractivity contribution < 1.29 is 9.53 Å². The molecular weight excluding hydrogens is 240 g/mol. The molecule has 0 aromatic carbocycles. The monoisotopic (exact) mass is 270 g/mol. The first-order valence-electron chi connectivity index (χ1n) is 7.59. The fraction of sp³-hybridized carbons (Fsp3) is 0.933. The molecule has 0 saturated carbocycles. The van der Waals surface area contributed by atoms with Crippen LogP contribution in [0.25, 0.3) is 0 Å². The SMILES string of the molecule is CCC1CCCN(CCCC(C)(N)C(=O)OC)CC1. The number of carbonyl (C=O) groups excluding carboxylic acids is 1. The normalized spacial score (nSPS) is 24.5. The molecule has 0 aromatic rings. The van der Waals surface area contributed by atoms with E-state index in [0.717, 1.165) is 18.9 Å². The van der Waals surface area contributed by atoms with Gasteiger partial charge in [-0.25, -0.2) is 0 Å². The molecule has 4 heteroatoms. The summed E-state index contributed by atoms with van der Waals surface area (Å²) in [4.78, 5) is 14.0. The Labute approximate surface area is 117 Å². The second-order valence-electron chi connectivity index (χ2n) is 6.06. The van der Waals surface area contributed by atoms with Gasteiger partial charge in [0.05, 0.1) is 7.11 Å². The zero-order valence-electron chi connectivity index (χ0n) is 12.8. The third-order valence-corrected chi connectivity index (χ3v) is 4.34. The maximum Gasteiger partial charge on any atom is 0.325 e. The molecule has 2 N–H and O–H groups in total. The van der Waals surface area contributed by atoms with Gasteiger partial charge < -0.3 is 15.4 Å². The number of ether oxygens (including phenoxy) is 1. The van der Waals surface area contributed by atoms with Gasteiger partial charge in [-0.2, -0.15) is 0 Å². The van der Waals surface area contributed by atoms with Crippen LogP contribution in [0.15, 0.2) is 0 Å². The lowest BCUT2D eigenvalue weighted by molar-refractivity contribution is -0.146. The Balaban J connectivity index is 2.27. The molecule has 0 aliphatic carbocycles. The second kappa shape index (κ2) is 7.85. The number of nitrogens with zero attached hydrogens (tertiary/aromatic N) is 1. The van der Waals surface area contributed by atoms with Crippen molar-refractivity contribution in [1.82, 2.24) is 4.90 Å². The highest BCUT2D eigenvalue weighted by Gasteiger charge is 2.29. The Morgan fingerprint density at radius 2 is 2.16 bits per heavy atom. The summed E-state index contributed by atoms with van der Waals surface area (Å²) >= 11 is 0. The van der Waals surface area contributed by atoms with E-state index >= 15 is 0 Å². The Hall–Kier alpha value is -0.610. The first-order valence-corrected chi connectivity index (χ1v) is 7.59. The largest absolute Gasteiger partial charge is 0.468 e. The number of rotatable bonds is 6. The summed E-state index contributed by atoms with van der Waals surface area (Å²) in [7, 11) is 1.40. The van der Waals surface area contributed by atoms with Crippen molar-refractivity contribution in [1.29, 1.82) is 0 Å². The molecule has 0 amide bonds. The summed E-state index contributed by atoms with van der Waals surface area (Å²) in [5, 5.41) is 0. The van der Waals surface area contributed by atoms with Crippen molar-refractivity contribution in [3.05, 3.63) is 0 Å². The standard InChI is InChI=1S/C15H30N2O2/c1-4-13-7-5-10-17(12-8-13)11-6-9-15(2,16)14(18)19-3/h13H,4-12,16H2,1-3H3. The van der Waals surface area contributed by atoms with E-state index < -0.39 is 5.54 Å². The number of esters is 1. The third kappa shape index (κ3) is 5.49. The Morgan fingerprint density at radius 1 is 1.42 bits per heavy atom. The van der Waals surface area contributed by atoms with Crippen LogP contribution in [-0.4, -0.2) is 43.2 Å². The van der Waals surface area contributed by atoms with E-state index in [1.807, 2.05) is 0 Å². The fourth-order valence-corrected chi connectivity index (χ4v) is 2.86. The molecule has 0 radical (unpaired) electrons. The van der Waals surface area contributed by atoms with Crippen LogP contribution in [0.4, 0.5) is 0 Å². The molecule has 0 spiro atoms. The average Bonchev–Trinajstić information content (AvgIpc) is 2.62. The highest BCUT2D eigenvalue weighted by Crippen LogP contribution is 2.21. The molecule has 2 atom stereocenters. The summed E-state index contributed by atoms with van der Waals surface area (Å²) in [6.07, 6.45) is 6.93. The summed E-state index contributed by atoms with van der Waals surface area (Å²) in [6, 6.07) is 0. The van der Waals surface area contributed by atoms with E-state index in [-0.39, 0.29) is 5.97 Å². The van der Waals surface area contributed by atoms with E-state index in [0.29, 0.717) is 6.42 Å². The number of methoxy groups -OCH3 is 1. The van der Waals surface area contributed by atoms with Gasteiger partial charge in [-0.1, -0.05) is 13.3 Å². The van der Waals surface area contributed by atoms with Crippen LogP contribution in [-0.2, 0) is 9.53 Å². The summed E-state index contributed by atoms with van der Waals surface area (Å²) in [6.45, 7) is 7.47. The van der Waals surface area contributed by atoms with E-state index in [1.54, 1.807) is 6.92 Å². The average molecular weight is 270 g/mol. The van der Waals surface area contributed by atoms with Crippen LogP contribution in [0.2, 0.25) is 0 Å². The quantitative estimate of drug-likeness (QED) is 0.752. The molecule has 1 aliphatic rings. The fourth-order valence-electron chi connectivity index (χ4n) is 2.86. The smallest absolute Gasteiger partial charge is 0.325 e. The van der Waals surface area contributed by atoms with E-state index in [9.17, 15) is 4.79 Å². The van der Waals surface area contributed by atoms with Gasteiger partial charge in [-0.05, 0) is 64.6 Å². The van der Waals surface area contributed by atoms with Crippen molar-refractivity contribution in [3.63, 3.8) is 0 Å². The third-order valence-electron chi connectivity index (χ3n) is 4.34. The Morgan fingerprint density at radius 3 is 2.79 bits per heavy atom. The van der Waals surface area contributed by atoms with E-state index in [1.165, 1.54) is 45.9 Å². The molecular formula is C15H30N2O2. The first kappa shape index (κ1) is 16.4. The van der Waals surface area contributed by atoms with Crippen molar-refractivity contribution in [3.8, 4) is 0 Å². The van der Waals surface area contributed by atoms with Crippen LogP contribution in [0, 0.1) is 5.92 Å². The minimum absolute atomic E-state index is 0.311. The maximum absolute atomic E-state index is 11.5. The lowest BCUT2D eigenvalue weighted by Crippen LogP contribution is -2.46. The molecule has 2 unspecified atom stereocenters. The second-order valence-corrected chi connectivity index (χ2v) is 6.06. The highest BCUT2D eigenvalue weighted by atomic mass is 16.5. The predicted molar refractivity (Wildman–Crippen MR) is 77.9 cm³/mol. The lowest BCUT2D eigenvalue weighted by Gasteiger charge is -2.24. The molecule has 112 valence electrons. The van der Waals surface area contributed by atoms with Crippen molar-refractivity contribution in [2.24, 2.45) is 11.7 Å². The van der Waals surface area contributed by atoms with Gasteiger partial charge in [-0.15, -0.1) is 0 Å². The minimum Gasteiger partial charge on any atom is -0.468 e.